The minimum atomic E-state index is -0.708. The number of nitrogens with one attached hydrogen (secondary N) is 1. The lowest BCUT2D eigenvalue weighted by Crippen LogP contribution is -2.56. The average Bonchev–Trinajstić information content (AvgIpc) is 3.34. The Balaban J connectivity index is 1.59. The molecule has 1 unspecified atom stereocenters. The highest BCUT2D eigenvalue weighted by molar-refractivity contribution is 6.31. The molecule has 7 nitrogen and oxygen atoms in total. The van der Waals surface area contributed by atoms with Gasteiger partial charge < -0.3 is 9.42 Å². The Hall–Kier alpha value is -3.03. The molecule has 8 heteroatoms. The van der Waals surface area contributed by atoms with Gasteiger partial charge in [-0.3, -0.25) is 14.9 Å². The molecule has 2 aliphatic heterocycles. The molecule has 0 spiro atoms. The Labute approximate surface area is 171 Å². The van der Waals surface area contributed by atoms with Crippen LogP contribution in [0.1, 0.15) is 43.4 Å². The first-order valence-corrected chi connectivity index (χ1v) is 9.67. The molecule has 3 aromatic rings. The lowest BCUT2D eigenvalue weighted by atomic mass is 9.86. The molecule has 0 bridgehead atoms. The van der Waals surface area contributed by atoms with Crippen LogP contribution in [0.25, 0.3) is 0 Å². The number of fused-ring (bicyclic) bond motifs is 2. The molecular formula is C21H17ClN4O3. The largest absolute Gasteiger partial charge is 0.364 e. The van der Waals surface area contributed by atoms with Crippen molar-refractivity contribution in [1.29, 1.82) is 0 Å². The molecule has 1 aromatic carbocycles. The molecule has 1 amide bonds. The zero-order valence-electron chi connectivity index (χ0n) is 15.6. The minimum Gasteiger partial charge on any atom is -0.364 e. The molecule has 1 atom stereocenters. The van der Waals surface area contributed by atoms with Crippen molar-refractivity contribution >= 4 is 23.3 Å². The molecule has 2 aromatic heterocycles. The van der Waals surface area contributed by atoms with Gasteiger partial charge in [0.1, 0.15) is 23.3 Å². The van der Waals surface area contributed by atoms with Crippen molar-refractivity contribution in [2.24, 2.45) is 0 Å². The predicted molar refractivity (Wildman–Crippen MR) is 105 cm³/mol. The van der Waals surface area contributed by atoms with Gasteiger partial charge in [-0.15, -0.1) is 0 Å². The monoisotopic (exact) mass is 408 g/mol. The summed E-state index contributed by atoms with van der Waals surface area (Å²) in [5, 5.41) is 7.82. The van der Waals surface area contributed by atoms with Crippen molar-refractivity contribution in [3.63, 3.8) is 0 Å². The number of aryl methyl sites for hydroxylation is 1. The van der Waals surface area contributed by atoms with Crippen molar-refractivity contribution in [2.45, 2.75) is 19.0 Å². The van der Waals surface area contributed by atoms with E-state index in [2.05, 4.69) is 15.5 Å². The number of carbonyl (C=O) groups excluding carboxylic acids is 2. The van der Waals surface area contributed by atoms with Gasteiger partial charge in [-0.2, -0.15) is 0 Å². The fourth-order valence-corrected chi connectivity index (χ4v) is 4.51. The number of rotatable bonds is 3. The van der Waals surface area contributed by atoms with Gasteiger partial charge in [-0.1, -0.05) is 41.0 Å². The van der Waals surface area contributed by atoms with Crippen LogP contribution in [0, 0.1) is 6.92 Å². The first-order chi connectivity index (χ1) is 14.0. The van der Waals surface area contributed by atoms with Crippen LogP contribution < -0.4 is 5.32 Å². The molecule has 0 saturated carbocycles. The van der Waals surface area contributed by atoms with Crippen LogP contribution in [0.3, 0.4) is 0 Å². The Kier molecular flexibility index (Phi) is 4.04. The predicted octanol–water partition coefficient (Wildman–Crippen LogP) is 2.72. The Bertz CT molecular complexity index is 1160. The topological polar surface area (TPSA) is 88.3 Å². The van der Waals surface area contributed by atoms with Gasteiger partial charge in [0.25, 0.3) is 5.91 Å². The van der Waals surface area contributed by atoms with Gasteiger partial charge in [0.05, 0.1) is 11.3 Å². The van der Waals surface area contributed by atoms with Gasteiger partial charge in [-0.25, -0.2) is 4.98 Å². The summed E-state index contributed by atoms with van der Waals surface area (Å²) in [6.45, 7) is 2.87. The van der Waals surface area contributed by atoms with E-state index in [1.165, 1.54) is 6.26 Å². The van der Waals surface area contributed by atoms with E-state index in [1.54, 1.807) is 24.0 Å². The molecule has 4 heterocycles. The number of amides is 1. The lowest BCUT2D eigenvalue weighted by Gasteiger charge is -2.43. The van der Waals surface area contributed by atoms with E-state index < -0.39 is 5.66 Å². The maximum atomic E-state index is 13.4. The highest BCUT2D eigenvalue weighted by Crippen LogP contribution is 2.41. The Morgan fingerprint density at radius 3 is 2.86 bits per heavy atom. The van der Waals surface area contributed by atoms with E-state index in [-0.39, 0.29) is 17.4 Å². The fourth-order valence-electron chi connectivity index (χ4n) is 4.22. The molecule has 146 valence electrons. The molecule has 1 N–H and O–H groups in total. The number of nitrogens with zero attached hydrogens (tertiary/aromatic N) is 3. The van der Waals surface area contributed by atoms with Crippen LogP contribution in [0.2, 0.25) is 5.02 Å². The quantitative estimate of drug-likeness (QED) is 0.670. The van der Waals surface area contributed by atoms with E-state index in [9.17, 15) is 9.59 Å². The zero-order valence-corrected chi connectivity index (χ0v) is 16.4. The highest BCUT2D eigenvalue weighted by Gasteiger charge is 2.50. The van der Waals surface area contributed by atoms with Crippen molar-refractivity contribution in [2.75, 3.05) is 13.1 Å². The van der Waals surface area contributed by atoms with Gasteiger partial charge >= 0.3 is 0 Å². The number of carbonyl (C=O) groups is 2. The van der Waals surface area contributed by atoms with Crippen LogP contribution >= 0.6 is 11.6 Å². The van der Waals surface area contributed by atoms with Crippen LogP contribution in [-0.4, -0.2) is 39.8 Å². The van der Waals surface area contributed by atoms with Crippen molar-refractivity contribution in [3.8, 4) is 0 Å². The summed E-state index contributed by atoms with van der Waals surface area (Å²) in [5.41, 5.74) is 2.26. The van der Waals surface area contributed by atoms with E-state index in [1.807, 2.05) is 24.3 Å². The number of ketones is 1. The van der Waals surface area contributed by atoms with Crippen LogP contribution in [0.5, 0.6) is 0 Å². The van der Waals surface area contributed by atoms with E-state index in [0.717, 1.165) is 11.1 Å². The maximum Gasteiger partial charge on any atom is 0.274 e. The first-order valence-electron chi connectivity index (χ1n) is 9.29. The van der Waals surface area contributed by atoms with Crippen molar-refractivity contribution in [3.05, 3.63) is 81.5 Å². The normalized spacial score (nSPS) is 20.5. The smallest absolute Gasteiger partial charge is 0.274 e. The number of pyridine rings is 1. The number of benzene rings is 1. The second-order valence-electron chi connectivity index (χ2n) is 7.25. The third-order valence-electron chi connectivity index (χ3n) is 5.63. The summed E-state index contributed by atoms with van der Waals surface area (Å²) < 4.78 is 4.86. The second kappa shape index (κ2) is 6.50. The summed E-state index contributed by atoms with van der Waals surface area (Å²) in [5.74, 6) is -0.533. The average molecular weight is 409 g/mol. The molecule has 5 rings (SSSR count). The molecule has 1 saturated heterocycles. The SMILES string of the molecule is Cc1nocc1C(=O)c1ccc2c(n1)C(=O)N1CCNC1(c1ccccc1Cl)C2. The Morgan fingerprint density at radius 1 is 1.28 bits per heavy atom. The summed E-state index contributed by atoms with van der Waals surface area (Å²) in [6.07, 6.45) is 1.82. The number of hydrogen-bond donors (Lipinski definition) is 1. The number of hydrogen-bond acceptors (Lipinski definition) is 6. The van der Waals surface area contributed by atoms with Crippen molar-refractivity contribution < 1.29 is 14.1 Å². The standard InChI is InChI=1S/C21H17ClN4O3/c1-12-14(11-29-25-12)19(27)17-7-6-13-10-21(15-4-2-3-5-16(15)22)23-8-9-26(21)20(28)18(13)24-17/h2-7,11,23H,8-10H2,1H3. The Morgan fingerprint density at radius 2 is 2.10 bits per heavy atom. The van der Waals surface area contributed by atoms with Gasteiger partial charge in [0.2, 0.25) is 5.78 Å². The highest BCUT2D eigenvalue weighted by atomic mass is 35.5. The third kappa shape index (κ3) is 2.62. The van der Waals surface area contributed by atoms with E-state index in [0.29, 0.717) is 41.5 Å². The molecule has 2 aliphatic rings. The van der Waals surface area contributed by atoms with Gasteiger partial charge in [-0.05, 0) is 24.6 Å². The van der Waals surface area contributed by atoms with E-state index in [4.69, 9.17) is 16.1 Å². The lowest BCUT2D eigenvalue weighted by molar-refractivity contribution is 0.0495. The summed E-state index contributed by atoms with van der Waals surface area (Å²) in [7, 11) is 0. The zero-order chi connectivity index (χ0) is 20.2. The molecule has 0 aliphatic carbocycles. The van der Waals surface area contributed by atoms with Gasteiger partial charge in [0, 0.05) is 30.1 Å². The number of aromatic nitrogens is 2. The van der Waals surface area contributed by atoms with Crippen LogP contribution in [0.15, 0.2) is 47.2 Å². The maximum absolute atomic E-state index is 13.4. The molecule has 0 radical (unpaired) electrons. The van der Waals surface area contributed by atoms with Crippen LogP contribution in [0.4, 0.5) is 0 Å². The first kappa shape index (κ1) is 18.0. The molecule has 1 fully saturated rings. The molecule has 29 heavy (non-hydrogen) atoms. The second-order valence-corrected chi connectivity index (χ2v) is 7.65. The molecular weight excluding hydrogens is 392 g/mol. The van der Waals surface area contributed by atoms with Gasteiger partial charge in [0.15, 0.2) is 0 Å². The van der Waals surface area contributed by atoms with E-state index >= 15 is 0 Å². The fraction of sp³-hybridized carbons (Fsp3) is 0.238. The van der Waals surface area contributed by atoms with Crippen molar-refractivity contribution in [1.82, 2.24) is 20.4 Å². The van der Waals surface area contributed by atoms with Crippen LogP contribution in [-0.2, 0) is 12.1 Å². The summed E-state index contributed by atoms with van der Waals surface area (Å²) >= 11 is 6.48. The number of halogens is 1. The summed E-state index contributed by atoms with van der Waals surface area (Å²) in [4.78, 5) is 32.3. The minimum absolute atomic E-state index is 0.195. The summed E-state index contributed by atoms with van der Waals surface area (Å²) in [6, 6.07) is 11.0. The third-order valence-corrected chi connectivity index (χ3v) is 5.96.